The number of carbonyl (C=O) groups excluding carboxylic acids is 1. The van der Waals surface area contributed by atoms with E-state index in [2.05, 4.69) is 22.4 Å². The molecule has 3 fully saturated rings. The van der Waals surface area contributed by atoms with Crippen molar-refractivity contribution in [3.05, 3.63) is 12.2 Å². The number of amides is 1. The molecule has 0 radical (unpaired) electrons. The van der Waals surface area contributed by atoms with E-state index in [1.807, 2.05) is 0 Å². The van der Waals surface area contributed by atoms with Gasteiger partial charge in [-0.05, 0) is 36.5 Å². The van der Waals surface area contributed by atoms with E-state index in [1.165, 1.54) is 6.42 Å². The molecule has 4 rings (SSSR count). The molecule has 3 unspecified atom stereocenters. The molecule has 2 saturated heterocycles. The van der Waals surface area contributed by atoms with Crippen LogP contribution in [-0.4, -0.2) is 37.0 Å². The van der Waals surface area contributed by atoms with Gasteiger partial charge < -0.3 is 10.2 Å². The second kappa shape index (κ2) is 3.58. The van der Waals surface area contributed by atoms with Crippen molar-refractivity contribution in [2.45, 2.75) is 12.8 Å². The van der Waals surface area contributed by atoms with Crippen LogP contribution in [0.5, 0.6) is 0 Å². The Balaban J connectivity index is 1.46. The van der Waals surface area contributed by atoms with E-state index in [9.17, 15) is 4.79 Å². The molecule has 5 atom stereocenters. The van der Waals surface area contributed by atoms with E-state index in [-0.39, 0.29) is 0 Å². The molecular weight excluding hydrogens is 212 g/mol. The standard InChI is InChI=1S/C14H20N2O/c17-14(13-4-9-1-2-10(13)3-9)16-7-11-5-15-6-12(11)8-16/h1-2,9-13,15H,3-8H2/t9?,10?,11-,12+,13?. The average molecular weight is 232 g/mol. The molecule has 17 heavy (non-hydrogen) atoms. The van der Waals surface area contributed by atoms with Gasteiger partial charge >= 0.3 is 0 Å². The van der Waals surface area contributed by atoms with Crippen molar-refractivity contribution in [1.29, 1.82) is 0 Å². The van der Waals surface area contributed by atoms with Gasteiger partial charge in [0.15, 0.2) is 0 Å². The van der Waals surface area contributed by atoms with Crippen molar-refractivity contribution < 1.29 is 4.79 Å². The minimum absolute atomic E-state index is 0.316. The summed E-state index contributed by atoms with van der Waals surface area (Å²) in [6.07, 6.45) is 6.95. The first-order valence-electron chi connectivity index (χ1n) is 6.99. The summed E-state index contributed by atoms with van der Waals surface area (Å²) in [4.78, 5) is 14.7. The van der Waals surface area contributed by atoms with Gasteiger partial charge in [0, 0.05) is 32.1 Å². The SMILES string of the molecule is O=C(C1CC2C=CC1C2)N1C[C@H]2CNC[C@H]2C1. The Bertz CT molecular complexity index is 366. The minimum Gasteiger partial charge on any atom is -0.342 e. The highest BCUT2D eigenvalue weighted by atomic mass is 16.2. The van der Waals surface area contributed by atoms with Crippen LogP contribution in [0.3, 0.4) is 0 Å². The van der Waals surface area contributed by atoms with E-state index >= 15 is 0 Å². The molecule has 92 valence electrons. The van der Waals surface area contributed by atoms with Crippen molar-refractivity contribution >= 4 is 5.91 Å². The lowest BCUT2D eigenvalue weighted by atomic mass is 9.92. The van der Waals surface area contributed by atoms with Crippen LogP contribution in [0.4, 0.5) is 0 Å². The first-order valence-corrected chi connectivity index (χ1v) is 6.99. The maximum atomic E-state index is 12.5. The average Bonchev–Trinajstić information content (AvgIpc) is 3.06. The van der Waals surface area contributed by atoms with Crippen LogP contribution < -0.4 is 5.32 Å². The fourth-order valence-corrected chi connectivity index (χ4v) is 4.33. The van der Waals surface area contributed by atoms with Gasteiger partial charge in [0.1, 0.15) is 0 Å². The Labute approximate surface area is 102 Å². The third-order valence-corrected chi connectivity index (χ3v) is 5.30. The van der Waals surface area contributed by atoms with Crippen LogP contribution in [0.25, 0.3) is 0 Å². The zero-order valence-corrected chi connectivity index (χ0v) is 10.1. The molecule has 3 nitrogen and oxygen atoms in total. The van der Waals surface area contributed by atoms with Crippen molar-refractivity contribution in [3.8, 4) is 0 Å². The van der Waals surface area contributed by atoms with Gasteiger partial charge in [-0.3, -0.25) is 4.79 Å². The number of hydrogen-bond acceptors (Lipinski definition) is 2. The highest BCUT2D eigenvalue weighted by Crippen LogP contribution is 2.44. The molecule has 2 heterocycles. The summed E-state index contributed by atoms with van der Waals surface area (Å²) in [6, 6.07) is 0. The molecule has 2 bridgehead atoms. The van der Waals surface area contributed by atoms with Gasteiger partial charge in [0.2, 0.25) is 5.91 Å². The van der Waals surface area contributed by atoms with Crippen molar-refractivity contribution in [3.63, 3.8) is 0 Å². The molecule has 0 aromatic carbocycles. The molecular formula is C14H20N2O. The Morgan fingerprint density at radius 1 is 1.12 bits per heavy atom. The van der Waals surface area contributed by atoms with E-state index in [1.54, 1.807) is 0 Å². The third kappa shape index (κ3) is 1.48. The normalized spacial score (nSPS) is 46.8. The van der Waals surface area contributed by atoms with Gasteiger partial charge in [-0.2, -0.15) is 0 Å². The van der Waals surface area contributed by atoms with Crippen LogP contribution in [0.2, 0.25) is 0 Å². The van der Waals surface area contributed by atoms with Gasteiger partial charge in [-0.1, -0.05) is 12.2 Å². The van der Waals surface area contributed by atoms with Crippen molar-refractivity contribution in [1.82, 2.24) is 10.2 Å². The number of fused-ring (bicyclic) bond motifs is 3. The van der Waals surface area contributed by atoms with Gasteiger partial charge in [-0.25, -0.2) is 0 Å². The van der Waals surface area contributed by atoms with Gasteiger partial charge in [0.05, 0.1) is 0 Å². The van der Waals surface area contributed by atoms with Crippen LogP contribution in [0, 0.1) is 29.6 Å². The number of allylic oxidation sites excluding steroid dienone is 2. The second-order valence-electron chi connectivity index (χ2n) is 6.31. The summed E-state index contributed by atoms with van der Waals surface area (Å²) in [5, 5.41) is 3.43. The summed E-state index contributed by atoms with van der Waals surface area (Å²) in [5.41, 5.74) is 0. The van der Waals surface area contributed by atoms with Gasteiger partial charge in [0.25, 0.3) is 0 Å². The summed E-state index contributed by atoms with van der Waals surface area (Å²) in [7, 11) is 0. The lowest BCUT2D eigenvalue weighted by Gasteiger charge is -2.25. The fourth-order valence-electron chi connectivity index (χ4n) is 4.33. The molecule has 0 aromatic heterocycles. The van der Waals surface area contributed by atoms with Crippen LogP contribution in [-0.2, 0) is 4.79 Å². The minimum atomic E-state index is 0.316. The summed E-state index contributed by atoms with van der Waals surface area (Å²) in [5.74, 6) is 3.50. The van der Waals surface area contributed by atoms with Crippen LogP contribution in [0.1, 0.15) is 12.8 Å². The largest absolute Gasteiger partial charge is 0.342 e. The first-order chi connectivity index (χ1) is 8.31. The van der Waals surface area contributed by atoms with E-state index in [0.717, 1.165) is 44.4 Å². The molecule has 2 aliphatic carbocycles. The summed E-state index contributed by atoms with van der Waals surface area (Å²) < 4.78 is 0. The topological polar surface area (TPSA) is 32.3 Å². The Morgan fingerprint density at radius 3 is 2.47 bits per heavy atom. The van der Waals surface area contributed by atoms with Crippen LogP contribution in [0.15, 0.2) is 12.2 Å². The van der Waals surface area contributed by atoms with Crippen molar-refractivity contribution in [2.75, 3.05) is 26.2 Å². The number of nitrogens with zero attached hydrogens (tertiary/aromatic N) is 1. The smallest absolute Gasteiger partial charge is 0.226 e. The Kier molecular flexibility index (Phi) is 2.13. The van der Waals surface area contributed by atoms with Gasteiger partial charge in [-0.15, -0.1) is 0 Å². The monoisotopic (exact) mass is 232 g/mol. The maximum absolute atomic E-state index is 12.5. The Morgan fingerprint density at radius 2 is 1.88 bits per heavy atom. The number of likely N-dealkylation sites (tertiary alicyclic amines) is 1. The zero-order valence-electron chi connectivity index (χ0n) is 10.1. The molecule has 1 amide bonds. The number of nitrogens with one attached hydrogen (secondary N) is 1. The highest BCUT2D eigenvalue weighted by Gasteiger charge is 2.45. The number of carbonyl (C=O) groups is 1. The lowest BCUT2D eigenvalue weighted by molar-refractivity contribution is -0.135. The molecule has 0 aromatic rings. The number of rotatable bonds is 1. The second-order valence-corrected chi connectivity index (χ2v) is 6.31. The van der Waals surface area contributed by atoms with E-state index < -0.39 is 0 Å². The summed E-state index contributed by atoms with van der Waals surface area (Å²) >= 11 is 0. The third-order valence-electron chi connectivity index (χ3n) is 5.30. The molecule has 3 heteroatoms. The fraction of sp³-hybridized carbons (Fsp3) is 0.786. The van der Waals surface area contributed by atoms with E-state index in [4.69, 9.17) is 0 Å². The van der Waals surface area contributed by atoms with E-state index in [0.29, 0.717) is 23.7 Å². The summed E-state index contributed by atoms with van der Waals surface area (Å²) in [6.45, 7) is 4.25. The molecule has 4 aliphatic rings. The van der Waals surface area contributed by atoms with Crippen molar-refractivity contribution in [2.24, 2.45) is 29.6 Å². The molecule has 2 aliphatic heterocycles. The molecule has 1 N–H and O–H groups in total. The number of hydrogen-bond donors (Lipinski definition) is 1. The first kappa shape index (κ1) is 10.1. The zero-order chi connectivity index (χ0) is 11.4. The lowest BCUT2D eigenvalue weighted by Crippen LogP contribution is -2.37. The Hall–Kier alpha value is -0.830. The predicted octanol–water partition coefficient (Wildman–Crippen LogP) is 0.876. The van der Waals surface area contributed by atoms with Crippen LogP contribution >= 0.6 is 0 Å². The molecule has 1 saturated carbocycles. The molecule has 0 spiro atoms. The maximum Gasteiger partial charge on any atom is 0.226 e. The quantitative estimate of drug-likeness (QED) is 0.681. The highest BCUT2D eigenvalue weighted by molar-refractivity contribution is 5.80. The predicted molar refractivity (Wildman–Crippen MR) is 65.3 cm³/mol.